The van der Waals surface area contributed by atoms with Crippen LogP contribution in [0.1, 0.15) is 30.6 Å². The van der Waals surface area contributed by atoms with Gasteiger partial charge < -0.3 is 10.1 Å². The van der Waals surface area contributed by atoms with Gasteiger partial charge in [0.15, 0.2) is 0 Å². The van der Waals surface area contributed by atoms with Crippen LogP contribution < -0.4 is 14.4 Å². The lowest BCUT2D eigenvalue weighted by Gasteiger charge is -2.21. The Labute approximate surface area is 165 Å². The second-order valence-corrected chi connectivity index (χ2v) is 8.47. The molecule has 0 aromatic heterocycles. The number of anilines is 1. The number of rotatable bonds is 7. The average molecular weight is 411 g/mol. The Morgan fingerprint density at radius 1 is 1.22 bits per heavy atom. The highest BCUT2D eigenvalue weighted by molar-refractivity contribution is 7.92. The lowest BCUT2D eigenvalue weighted by molar-refractivity contribution is 0.0939. The van der Waals surface area contributed by atoms with Gasteiger partial charge in [-0.1, -0.05) is 18.5 Å². The quantitative estimate of drug-likeness (QED) is 0.755. The lowest BCUT2D eigenvalue weighted by Crippen LogP contribution is -2.32. The van der Waals surface area contributed by atoms with Crippen LogP contribution in [0.2, 0.25) is 5.02 Å². The first-order valence-corrected chi connectivity index (χ1v) is 10.3. The molecule has 0 spiro atoms. The summed E-state index contributed by atoms with van der Waals surface area (Å²) in [5.41, 5.74) is 0.566. The Bertz CT molecular complexity index is 914. The van der Waals surface area contributed by atoms with Gasteiger partial charge in [-0.3, -0.25) is 9.10 Å². The fraction of sp³-hybridized carbons (Fsp3) is 0.316. The molecule has 0 saturated heterocycles. The minimum Gasteiger partial charge on any atom is -0.497 e. The summed E-state index contributed by atoms with van der Waals surface area (Å²) in [5.74, 6) is 0.221. The van der Waals surface area contributed by atoms with Gasteiger partial charge in [0.1, 0.15) is 5.75 Å². The second-order valence-electron chi connectivity index (χ2n) is 6.09. The van der Waals surface area contributed by atoms with E-state index in [2.05, 4.69) is 5.32 Å². The van der Waals surface area contributed by atoms with E-state index in [1.165, 1.54) is 38.4 Å². The Morgan fingerprint density at radius 3 is 2.41 bits per heavy atom. The number of hydrogen-bond acceptors (Lipinski definition) is 4. The van der Waals surface area contributed by atoms with Crippen molar-refractivity contribution >= 4 is 33.2 Å². The third-order valence-electron chi connectivity index (χ3n) is 4.27. The topological polar surface area (TPSA) is 75.7 Å². The second kappa shape index (κ2) is 8.63. The monoisotopic (exact) mass is 410 g/mol. The molecular weight excluding hydrogens is 388 g/mol. The molecule has 0 bridgehead atoms. The largest absolute Gasteiger partial charge is 0.497 e. The minimum absolute atomic E-state index is 0.0158. The third kappa shape index (κ3) is 4.73. The zero-order valence-corrected chi connectivity index (χ0v) is 17.3. The van der Waals surface area contributed by atoms with E-state index in [1.807, 2.05) is 13.8 Å². The number of carbonyl (C=O) groups is 1. The van der Waals surface area contributed by atoms with E-state index >= 15 is 0 Å². The van der Waals surface area contributed by atoms with Crippen molar-refractivity contribution in [1.29, 1.82) is 0 Å². The summed E-state index contributed by atoms with van der Waals surface area (Å²) in [4.78, 5) is 12.5. The molecular formula is C19H23ClN2O4S. The summed E-state index contributed by atoms with van der Waals surface area (Å²) in [6.45, 7) is 3.84. The summed E-state index contributed by atoms with van der Waals surface area (Å²) in [5, 5.41) is 3.09. The van der Waals surface area contributed by atoms with Crippen molar-refractivity contribution in [2.45, 2.75) is 31.2 Å². The normalized spacial score (nSPS) is 12.3. The molecule has 27 heavy (non-hydrogen) atoms. The Hall–Kier alpha value is -2.25. The van der Waals surface area contributed by atoms with Crippen molar-refractivity contribution in [3.8, 4) is 5.75 Å². The van der Waals surface area contributed by atoms with E-state index in [0.717, 1.165) is 10.7 Å². The van der Waals surface area contributed by atoms with Gasteiger partial charge in [0.2, 0.25) is 0 Å². The van der Waals surface area contributed by atoms with Crippen LogP contribution in [0.3, 0.4) is 0 Å². The van der Waals surface area contributed by atoms with Crippen LogP contribution in [0.25, 0.3) is 0 Å². The predicted octanol–water partition coefficient (Wildman–Crippen LogP) is 3.70. The Balaban J connectivity index is 2.36. The molecule has 2 aromatic carbocycles. The van der Waals surface area contributed by atoms with Gasteiger partial charge in [0.05, 0.1) is 28.3 Å². The number of ether oxygens (including phenoxy) is 1. The van der Waals surface area contributed by atoms with Crippen LogP contribution in [-0.4, -0.2) is 34.5 Å². The van der Waals surface area contributed by atoms with Crippen molar-refractivity contribution in [2.75, 3.05) is 18.5 Å². The highest BCUT2D eigenvalue weighted by Crippen LogP contribution is 2.27. The molecule has 146 valence electrons. The maximum Gasteiger partial charge on any atom is 0.264 e. The van der Waals surface area contributed by atoms with Crippen LogP contribution >= 0.6 is 11.6 Å². The maximum atomic E-state index is 12.9. The van der Waals surface area contributed by atoms with Gasteiger partial charge >= 0.3 is 0 Å². The summed E-state index contributed by atoms with van der Waals surface area (Å²) >= 11 is 6.14. The smallest absolute Gasteiger partial charge is 0.264 e. The van der Waals surface area contributed by atoms with Gasteiger partial charge in [0.25, 0.3) is 15.9 Å². The predicted molar refractivity (Wildman–Crippen MR) is 107 cm³/mol. The summed E-state index contributed by atoms with van der Waals surface area (Å²) in [7, 11) is -0.858. The van der Waals surface area contributed by atoms with Gasteiger partial charge in [-0.05, 0) is 55.8 Å². The van der Waals surface area contributed by atoms with E-state index in [1.54, 1.807) is 18.2 Å². The lowest BCUT2D eigenvalue weighted by atomic mass is 10.1. The molecule has 0 unspecified atom stereocenters. The first-order chi connectivity index (χ1) is 12.7. The van der Waals surface area contributed by atoms with Gasteiger partial charge in [-0.25, -0.2) is 8.42 Å². The first kappa shape index (κ1) is 21.1. The van der Waals surface area contributed by atoms with Gasteiger partial charge in [-0.15, -0.1) is 0 Å². The van der Waals surface area contributed by atoms with E-state index < -0.39 is 10.0 Å². The van der Waals surface area contributed by atoms with Crippen molar-refractivity contribution in [3.63, 3.8) is 0 Å². The van der Waals surface area contributed by atoms with Crippen LogP contribution in [-0.2, 0) is 10.0 Å². The maximum absolute atomic E-state index is 12.9. The van der Waals surface area contributed by atoms with Crippen LogP contribution in [0.5, 0.6) is 5.75 Å². The van der Waals surface area contributed by atoms with Crippen molar-refractivity contribution in [2.24, 2.45) is 0 Å². The number of nitrogens with zero attached hydrogens (tertiary/aromatic N) is 1. The number of sulfonamides is 1. The summed E-state index contributed by atoms with van der Waals surface area (Å²) in [6, 6.07) is 10.6. The van der Waals surface area contributed by atoms with E-state index in [9.17, 15) is 13.2 Å². The van der Waals surface area contributed by atoms with Crippen LogP contribution in [0, 0.1) is 0 Å². The first-order valence-electron chi connectivity index (χ1n) is 8.44. The van der Waals surface area contributed by atoms with E-state index in [0.29, 0.717) is 11.4 Å². The van der Waals surface area contributed by atoms with Gasteiger partial charge in [0, 0.05) is 13.1 Å². The molecule has 2 aromatic rings. The number of benzene rings is 2. The molecule has 8 heteroatoms. The standard InChI is InChI=1S/C19H23ClN2O4S/c1-5-13(2)21-19(23)17-12-14(6-11-18(17)20)22(3)27(24,25)16-9-7-15(26-4)8-10-16/h6-13H,5H2,1-4H3,(H,21,23)/t13-/m0/s1. The van der Waals surface area contributed by atoms with Crippen molar-refractivity contribution in [3.05, 3.63) is 53.1 Å². The zero-order valence-electron chi connectivity index (χ0n) is 15.7. The zero-order chi connectivity index (χ0) is 20.2. The molecule has 0 aliphatic rings. The molecule has 1 amide bonds. The van der Waals surface area contributed by atoms with Crippen LogP contribution in [0.4, 0.5) is 5.69 Å². The highest BCUT2D eigenvalue weighted by atomic mass is 35.5. The molecule has 0 aliphatic carbocycles. The van der Waals surface area contributed by atoms with Crippen LogP contribution in [0.15, 0.2) is 47.4 Å². The molecule has 1 N–H and O–H groups in total. The highest BCUT2D eigenvalue weighted by Gasteiger charge is 2.23. The fourth-order valence-corrected chi connectivity index (χ4v) is 3.72. The molecule has 0 radical (unpaired) electrons. The molecule has 1 atom stereocenters. The van der Waals surface area contributed by atoms with E-state index in [-0.39, 0.29) is 27.4 Å². The minimum atomic E-state index is -3.80. The fourth-order valence-electron chi connectivity index (χ4n) is 2.33. The summed E-state index contributed by atoms with van der Waals surface area (Å²) in [6.07, 6.45) is 0.773. The number of hydrogen-bond donors (Lipinski definition) is 1. The number of nitrogens with one attached hydrogen (secondary N) is 1. The number of amides is 1. The Kier molecular flexibility index (Phi) is 6.73. The number of methoxy groups -OCH3 is 1. The molecule has 0 heterocycles. The molecule has 2 rings (SSSR count). The summed E-state index contributed by atoms with van der Waals surface area (Å²) < 4.78 is 31.9. The van der Waals surface area contributed by atoms with Crippen molar-refractivity contribution < 1.29 is 17.9 Å². The van der Waals surface area contributed by atoms with Crippen molar-refractivity contribution in [1.82, 2.24) is 5.32 Å². The average Bonchev–Trinajstić information content (AvgIpc) is 2.67. The number of halogens is 1. The number of carbonyl (C=O) groups excluding carboxylic acids is 1. The van der Waals surface area contributed by atoms with E-state index in [4.69, 9.17) is 16.3 Å². The molecule has 0 saturated carbocycles. The molecule has 0 fully saturated rings. The molecule has 6 nitrogen and oxygen atoms in total. The molecule has 0 aliphatic heterocycles. The Morgan fingerprint density at radius 2 is 1.85 bits per heavy atom. The van der Waals surface area contributed by atoms with Gasteiger partial charge in [-0.2, -0.15) is 0 Å². The third-order valence-corrected chi connectivity index (χ3v) is 6.40. The SMILES string of the molecule is CC[C@H](C)NC(=O)c1cc(N(C)S(=O)(=O)c2ccc(OC)cc2)ccc1Cl.